The van der Waals surface area contributed by atoms with Crippen LogP contribution in [0.15, 0.2) is 108 Å². The summed E-state index contributed by atoms with van der Waals surface area (Å²) in [6, 6.07) is 28.9. The van der Waals surface area contributed by atoms with Gasteiger partial charge in [0.15, 0.2) is 0 Å². The van der Waals surface area contributed by atoms with Crippen LogP contribution >= 0.6 is 11.8 Å². The summed E-state index contributed by atoms with van der Waals surface area (Å²) in [5, 5.41) is 8.53. The van der Waals surface area contributed by atoms with Gasteiger partial charge in [-0.2, -0.15) is 0 Å². The van der Waals surface area contributed by atoms with E-state index in [0.29, 0.717) is 22.6 Å². The number of anilines is 2. The van der Waals surface area contributed by atoms with Gasteiger partial charge in [-0.3, -0.25) is 14.4 Å². The van der Waals surface area contributed by atoms with Gasteiger partial charge in [-0.25, -0.2) is 0 Å². The van der Waals surface area contributed by atoms with E-state index in [9.17, 15) is 14.4 Å². The van der Waals surface area contributed by atoms with Crippen molar-refractivity contribution in [3.05, 3.63) is 125 Å². The normalized spacial score (nSPS) is 11.0. The molecule has 0 aliphatic carbocycles. The van der Waals surface area contributed by atoms with E-state index in [0.717, 1.165) is 21.7 Å². The second-order valence-corrected chi connectivity index (χ2v) is 10.4. The molecular weight excluding hydrogens is 534 g/mol. The molecule has 41 heavy (non-hydrogen) atoms. The lowest BCUT2D eigenvalue weighted by atomic mass is 10.1. The lowest BCUT2D eigenvalue weighted by Crippen LogP contribution is -2.30. The Morgan fingerprint density at radius 3 is 2.17 bits per heavy atom. The zero-order chi connectivity index (χ0) is 29.2. The van der Waals surface area contributed by atoms with Crippen molar-refractivity contribution in [2.24, 2.45) is 0 Å². The number of methoxy groups -OCH3 is 1. The van der Waals surface area contributed by atoms with Crippen molar-refractivity contribution < 1.29 is 19.1 Å². The number of thioether (sulfide) groups is 1. The third-order valence-corrected chi connectivity index (χ3v) is 6.92. The number of hydrogen-bond donors (Lipinski definition) is 3. The van der Waals surface area contributed by atoms with Crippen LogP contribution in [0, 0.1) is 13.8 Å². The topological polar surface area (TPSA) is 96.5 Å². The number of rotatable bonds is 10. The average molecular weight is 566 g/mol. The number of nitrogens with one attached hydrogen (secondary N) is 3. The van der Waals surface area contributed by atoms with E-state index < -0.39 is 11.8 Å². The number of amides is 3. The number of benzene rings is 4. The van der Waals surface area contributed by atoms with E-state index in [2.05, 4.69) is 22.0 Å². The van der Waals surface area contributed by atoms with Crippen LogP contribution in [-0.4, -0.2) is 30.6 Å². The lowest BCUT2D eigenvalue weighted by Gasteiger charge is -2.12. The molecule has 4 aromatic rings. The highest BCUT2D eigenvalue weighted by Crippen LogP contribution is 2.23. The van der Waals surface area contributed by atoms with Crippen molar-refractivity contribution in [3.63, 3.8) is 0 Å². The largest absolute Gasteiger partial charge is 0.497 e. The summed E-state index contributed by atoms with van der Waals surface area (Å²) in [5.41, 5.74) is 4.68. The molecule has 0 aromatic heterocycles. The molecule has 3 amide bonds. The van der Waals surface area contributed by atoms with Gasteiger partial charge < -0.3 is 20.7 Å². The molecule has 3 N–H and O–H groups in total. The maximum Gasteiger partial charge on any atom is 0.272 e. The van der Waals surface area contributed by atoms with Crippen LogP contribution in [0.25, 0.3) is 6.08 Å². The van der Waals surface area contributed by atoms with Gasteiger partial charge in [0.05, 0.1) is 12.9 Å². The molecule has 0 saturated heterocycles. The molecule has 0 aliphatic rings. The quantitative estimate of drug-likeness (QED) is 0.152. The molecule has 4 aromatic carbocycles. The Balaban J connectivity index is 1.45. The first-order chi connectivity index (χ1) is 19.8. The summed E-state index contributed by atoms with van der Waals surface area (Å²) in [6.45, 7) is 3.98. The first-order valence-electron chi connectivity index (χ1n) is 12.9. The molecule has 0 radical (unpaired) electrons. The molecule has 4 rings (SSSR count). The minimum absolute atomic E-state index is 0.0786. The Hall–Kier alpha value is -4.82. The molecule has 0 saturated carbocycles. The standard InChI is InChI=1S/C33H31N3O4S/c1-22-16-23(2)18-27(17-22)34-31(37)21-41-29-11-7-10-26(20-29)35-33(39)30(19-24-12-14-28(40-3)15-13-24)36-32(38)25-8-5-4-6-9-25/h4-20H,21H2,1-3H3,(H,34,37)(H,35,39)(H,36,38)/b30-19+. The first kappa shape index (κ1) is 29.2. The summed E-state index contributed by atoms with van der Waals surface area (Å²) in [5.74, 6) is -0.124. The summed E-state index contributed by atoms with van der Waals surface area (Å²) in [7, 11) is 1.58. The minimum Gasteiger partial charge on any atom is -0.497 e. The zero-order valence-corrected chi connectivity index (χ0v) is 23.9. The lowest BCUT2D eigenvalue weighted by molar-refractivity contribution is -0.114. The van der Waals surface area contributed by atoms with Gasteiger partial charge in [-0.15, -0.1) is 11.8 Å². The Morgan fingerprint density at radius 2 is 1.49 bits per heavy atom. The molecule has 0 unspecified atom stereocenters. The highest BCUT2D eigenvalue weighted by Gasteiger charge is 2.15. The maximum absolute atomic E-state index is 13.4. The van der Waals surface area contributed by atoms with Crippen LogP contribution in [0.2, 0.25) is 0 Å². The van der Waals surface area contributed by atoms with Gasteiger partial charge in [0.25, 0.3) is 11.8 Å². The highest BCUT2D eigenvalue weighted by atomic mass is 32.2. The van der Waals surface area contributed by atoms with E-state index in [-0.39, 0.29) is 17.4 Å². The molecular formula is C33H31N3O4S. The Kier molecular flexibility index (Phi) is 9.96. The predicted molar refractivity (Wildman–Crippen MR) is 165 cm³/mol. The van der Waals surface area contributed by atoms with Crippen LogP contribution < -0.4 is 20.7 Å². The van der Waals surface area contributed by atoms with Gasteiger partial charge in [-0.05, 0) is 91.2 Å². The smallest absolute Gasteiger partial charge is 0.272 e. The van der Waals surface area contributed by atoms with Gasteiger partial charge >= 0.3 is 0 Å². The van der Waals surface area contributed by atoms with Gasteiger partial charge in [0.2, 0.25) is 5.91 Å². The maximum atomic E-state index is 13.4. The molecule has 0 spiro atoms. The number of ether oxygens (including phenoxy) is 1. The van der Waals surface area contributed by atoms with Crippen molar-refractivity contribution in [2.75, 3.05) is 23.5 Å². The van der Waals surface area contributed by atoms with Crippen molar-refractivity contribution in [2.45, 2.75) is 18.7 Å². The van der Waals surface area contributed by atoms with Crippen LogP contribution in [0.1, 0.15) is 27.0 Å². The molecule has 0 aliphatic heterocycles. The van der Waals surface area contributed by atoms with Gasteiger partial charge in [-0.1, -0.05) is 42.5 Å². The molecule has 8 heteroatoms. The number of carbonyl (C=O) groups is 3. The van der Waals surface area contributed by atoms with Crippen LogP contribution in [0.5, 0.6) is 5.75 Å². The van der Waals surface area contributed by atoms with Gasteiger partial charge in [0.1, 0.15) is 11.4 Å². The fraction of sp³-hybridized carbons (Fsp3) is 0.121. The summed E-state index contributed by atoms with van der Waals surface area (Å²) < 4.78 is 5.21. The van der Waals surface area contributed by atoms with Crippen LogP contribution in [0.3, 0.4) is 0 Å². The summed E-state index contributed by atoms with van der Waals surface area (Å²) in [6.07, 6.45) is 1.60. The second kappa shape index (κ2) is 14.0. The monoisotopic (exact) mass is 565 g/mol. The molecule has 7 nitrogen and oxygen atoms in total. The average Bonchev–Trinajstić information content (AvgIpc) is 2.96. The first-order valence-corrected chi connectivity index (χ1v) is 13.9. The summed E-state index contributed by atoms with van der Waals surface area (Å²) >= 11 is 1.36. The summed E-state index contributed by atoms with van der Waals surface area (Å²) in [4.78, 5) is 39.6. The number of carbonyl (C=O) groups excluding carboxylic acids is 3. The Labute approximate surface area is 244 Å². The zero-order valence-electron chi connectivity index (χ0n) is 23.1. The third-order valence-electron chi connectivity index (χ3n) is 5.92. The molecule has 0 atom stereocenters. The van der Waals surface area contributed by atoms with Crippen molar-refractivity contribution in [3.8, 4) is 5.75 Å². The Bertz CT molecular complexity index is 1550. The SMILES string of the molecule is COc1ccc(/C=C(/NC(=O)c2ccccc2)C(=O)Nc2cccc(SCC(=O)Nc3cc(C)cc(C)c3)c2)cc1. The molecule has 0 bridgehead atoms. The molecule has 208 valence electrons. The van der Waals surface area contributed by atoms with E-state index in [4.69, 9.17) is 4.74 Å². The molecule has 0 fully saturated rings. The molecule has 0 heterocycles. The fourth-order valence-electron chi connectivity index (χ4n) is 4.06. The van der Waals surface area contributed by atoms with E-state index in [1.807, 2.05) is 38.1 Å². The van der Waals surface area contributed by atoms with E-state index >= 15 is 0 Å². The van der Waals surface area contributed by atoms with Crippen molar-refractivity contribution in [1.29, 1.82) is 0 Å². The minimum atomic E-state index is -0.486. The van der Waals surface area contributed by atoms with E-state index in [1.54, 1.807) is 79.9 Å². The van der Waals surface area contributed by atoms with Crippen molar-refractivity contribution >= 4 is 46.9 Å². The highest BCUT2D eigenvalue weighted by molar-refractivity contribution is 8.00. The Morgan fingerprint density at radius 1 is 0.780 bits per heavy atom. The third kappa shape index (κ3) is 8.84. The van der Waals surface area contributed by atoms with Crippen LogP contribution in [0.4, 0.5) is 11.4 Å². The van der Waals surface area contributed by atoms with Gasteiger partial charge in [0, 0.05) is 21.8 Å². The van der Waals surface area contributed by atoms with Crippen molar-refractivity contribution in [1.82, 2.24) is 5.32 Å². The van der Waals surface area contributed by atoms with Crippen LogP contribution in [-0.2, 0) is 9.59 Å². The second-order valence-electron chi connectivity index (χ2n) is 9.35. The fourth-order valence-corrected chi connectivity index (χ4v) is 4.82. The number of hydrogen-bond acceptors (Lipinski definition) is 5. The predicted octanol–water partition coefficient (Wildman–Crippen LogP) is 6.45. The van der Waals surface area contributed by atoms with E-state index in [1.165, 1.54) is 11.8 Å². The number of aryl methyl sites for hydroxylation is 2.